The van der Waals surface area contributed by atoms with Crippen molar-refractivity contribution >= 4 is 76.9 Å². The summed E-state index contributed by atoms with van der Waals surface area (Å²) < 4.78 is 0. The van der Waals surface area contributed by atoms with Crippen LogP contribution in [-0.4, -0.2) is 180 Å². The first-order valence-corrected chi connectivity index (χ1v) is 34.8. The van der Waals surface area contributed by atoms with Gasteiger partial charge in [-0.1, -0.05) is 140 Å². The zero-order valence-electron chi connectivity index (χ0n) is 60.2. The molecule has 0 unspecified atom stereocenters. The van der Waals surface area contributed by atoms with Crippen molar-refractivity contribution < 1.29 is 67.4 Å². The molecule has 2 rings (SSSR count). The van der Waals surface area contributed by atoms with Crippen LogP contribution in [0.5, 0.6) is 0 Å². The first kappa shape index (κ1) is 85.3. The fourth-order valence-corrected chi connectivity index (χ4v) is 11.2. The monoisotopic (exact) mass is 1370 g/mol. The molecule has 0 aliphatic carbocycles. The van der Waals surface area contributed by atoms with E-state index in [-0.39, 0.29) is 87.6 Å². The molecule has 0 spiro atoms. The molecular weight excluding hydrogens is 1250 g/mol. The fraction of sp³-hybridized carbons (Fsp3) is 0.725. The SMILES string of the molecule is CC[C@H](C)[C@H](NC(=O)[C@@H](NC(=O)[C@@H]1CCCN1C(=O)[C@H](CC(C)C)NC(=O)[C@@H](N)Cc1ccccc1)[C@@H](C)CC)C(=O)N[C@@H](C)C(=O)N[C@@H](CCCCN)C(=O)N[C@@H](CC(C)C)C(=O)N[C@@H](CC(C)C)C(=O)NCC(=O)NCC(=O)N[C@@H](CC(C)C)C(=O)N[C@@H](CC(C)C)C(=O)O. The van der Waals surface area contributed by atoms with Crippen LogP contribution in [0.15, 0.2) is 30.3 Å². The largest absolute Gasteiger partial charge is 0.480 e. The van der Waals surface area contributed by atoms with E-state index in [9.17, 15) is 67.4 Å². The Bertz CT molecular complexity index is 2750. The van der Waals surface area contributed by atoms with Crippen LogP contribution in [0.2, 0.25) is 0 Å². The quantitative estimate of drug-likeness (QED) is 0.0414. The summed E-state index contributed by atoms with van der Waals surface area (Å²) in [5.41, 5.74) is 13.0. The lowest BCUT2D eigenvalue weighted by atomic mass is 9.94. The molecule has 0 bridgehead atoms. The van der Waals surface area contributed by atoms with E-state index in [1.165, 1.54) is 11.8 Å². The molecule has 0 saturated carbocycles. The number of nitrogens with two attached hydrogens (primary N) is 2. The third-order valence-electron chi connectivity index (χ3n) is 16.9. The highest BCUT2D eigenvalue weighted by molar-refractivity contribution is 5.99. The normalized spacial score (nSPS) is 16.8. The van der Waals surface area contributed by atoms with Crippen LogP contribution in [0.4, 0.5) is 0 Å². The molecule has 1 aliphatic rings. The van der Waals surface area contributed by atoms with Crippen molar-refractivity contribution in [2.24, 2.45) is 52.9 Å². The Morgan fingerprint density at radius 3 is 1.44 bits per heavy atom. The smallest absolute Gasteiger partial charge is 0.326 e. The molecule has 1 heterocycles. The Morgan fingerprint density at radius 1 is 0.485 bits per heavy atom. The van der Waals surface area contributed by atoms with Crippen LogP contribution in [0.3, 0.4) is 0 Å². The van der Waals surface area contributed by atoms with Crippen molar-refractivity contribution in [3.63, 3.8) is 0 Å². The zero-order chi connectivity index (χ0) is 73.4. The number of aliphatic carboxylic acids is 1. The third-order valence-corrected chi connectivity index (χ3v) is 16.9. The van der Waals surface area contributed by atoms with E-state index < -0.39 is 168 Å². The van der Waals surface area contributed by atoms with Crippen molar-refractivity contribution in [2.45, 2.75) is 254 Å². The zero-order valence-corrected chi connectivity index (χ0v) is 60.2. The van der Waals surface area contributed by atoms with Gasteiger partial charge in [0.05, 0.1) is 19.1 Å². The summed E-state index contributed by atoms with van der Waals surface area (Å²) >= 11 is 0. The van der Waals surface area contributed by atoms with Gasteiger partial charge in [-0.05, 0) is 131 Å². The molecule has 1 fully saturated rings. The number of unbranched alkanes of at least 4 members (excludes halogenated alkanes) is 1. The molecule has 13 atom stereocenters. The number of amides is 12. The molecule has 12 amide bonds. The molecule has 1 saturated heterocycles. The summed E-state index contributed by atoms with van der Waals surface area (Å²) in [7, 11) is 0. The fourth-order valence-electron chi connectivity index (χ4n) is 11.2. The Morgan fingerprint density at radius 2 is 0.928 bits per heavy atom. The summed E-state index contributed by atoms with van der Waals surface area (Å²) in [6.45, 7) is 26.3. The number of nitrogens with one attached hydrogen (secondary N) is 11. The maximum absolute atomic E-state index is 14.4. The van der Waals surface area contributed by atoms with E-state index in [1.54, 1.807) is 13.8 Å². The number of carboxylic acids is 1. The second kappa shape index (κ2) is 43.5. The lowest BCUT2D eigenvalue weighted by molar-refractivity contribution is -0.143. The number of hydrogen-bond acceptors (Lipinski definition) is 15. The topological polar surface area (TPSA) is 430 Å². The van der Waals surface area contributed by atoms with Gasteiger partial charge in [0.1, 0.15) is 60.4 Å². The van der Waals surface area contributed by atoms with Crippen molar-refractivity contribution in [3.05, 3.63) is 35.9 Å². The number of benzene rings is 1. The predicted molar refractivity (Wildman–Crippen MR) is 369 cm³/mol. The van der Waals surface area contributed by atoms with Gasteiger partial charge in [-0.3, -0.25) is 57.5 Å². The molecule has 28 heteroatoms. The van der Waals surface area contributed by atoms with Gasteiger partial charge in [-0.2, -0.15) is 0 Å². The molecule has 1 aromatic rings. The molecular formula is C69H118N14O14. The van der Waals surface area contributed by atoms with Gasteiger partial charge >= 0.3 is 5.97 Å². The minimum absolute atomic E-state index is 0.0108. The van der Waals surface area contributed by atoms with Gasteiger partial charge < -0.3 is 80.0 Å². The van der Waals surface area contributed by atoms with E-state index >= 15 is 0 Å². The van der Waals surface area contributed by atoms with Crippen LogP contribution in [0, 0.1) is 41.4 Å². The van der Waals surface area contributed by atoms with Crippen molar-refractivity contribution in [2.75, 3.05) is 26.2 Å². The van der Waals surface area contributed by atoms with Crippen LogP contribution in [0.25, 0.3) is 0 Å². The Labute approximate surface area is 574 Å². The molecule has 548 valence electrons. The van der Waals surface area contributed by atoms with Crippen LogP contribution in [0.1, 0.15) is 186 Å². The predicted octanol–water partition coefficient (Wildman–Crippen LogP) is 1.70. The average molecular weight is 1370 g/mol. The summed E-state index contributed by atoms with van der Waals surface area (Å²) in [6.07, 6.45) is 3.66. The van der Waals surface area contributed by atoms with Gasteiger partial charge in [0, 0.05) is 6.54 Å². The van der Waals surface area contributed by atoms with Gasteiger partial charge in [-0.15, -0.1) is 0 Å². The highest BCUT2D eigenvalue weighted by atomic mass is 16.4. The Hall–Kier alpha value is -7.75. The van der Waals surface area contributed by atoms with Crippen molar-refractivity contribution in [1.82, 2.24) is 63.4 Å². The summed E-state index contributed by atoms with van der Waals surface area (Å²) in [6, 6.07) is -3.19. The van der Waals surface area contributed by atoms with Gasteiger partial charge in [-0.25, -0.2) is 4.79 Å². The maximum Gasteiger partial charge on any atom is 0.326 e. The van der Waals surface area contributed by atoms with Gasteiger partial charge in [0.15, 0.2) is 0 Å². The van der Waals surface area contributed by atoms with Gasteiger partial charge in [0.2, 0.25) is 70.9 Å². The van der Waals surface area contributed by atoms with E-state index in [0.29, 0.717) is 38.5 Å². The summed E-state index contributed by atoms with van der Waals surface area (Å²) in [5, 5.41) is 39.0. The number of carboxylic acid groups (broad SMARTS) is 1. The minimum Gasteiger partial charge on any atom is -0.480 e. The van der Waals surface area contributed by atoms with E-state index in [1.807, 2.05) is 113 Å². The Balaban J connectivity index is 2.23. The highest BCUT2D eigenvalue weighted by Crippen LogP contribution is 2.23. The highest BCUT2D eigenvalue weighted by Gasteiger charge is 2.42. The lowest BCUT2D eigenvalue weighted by Gasteiger charge is -2.32. The summed E-state index contributed by atoms with van der Waals surface area (Å²) in [4.78, 5) is 179. The second-order valence-corrected chi connectivity index (χ2v) is 28.2. The van der Waals surface area contributed by atoms with Crippen molar-refractivity contribution in [1.29, 1.82) is 0 Å². The van der Waals surface area contributed by atoms with Crippen molar-refractivity contribution in [3.8, 4) is 0 Å². The summed E-state index contributed by atoms with van der Waals surface area (Å²) in [5.74, 6) is -10.7. The van der Waals surface area contributed by atoms with Gasteiger partial charge in [0.25, 0.3) is 0 Å². The number of nitrogens with zero attached hydrogens (tertiary/aromatic N) is 1. The molecule has 28 nitrogen and oxygen atoms in total. The van der Waals surface area contributed by atoms with E-state index in [2.05, 4.69) is 58.5 Å². The third kappa shape index (κ3) is 31.1. The molecule has 0 radical (unpaired) electrons. The minimum atomic E-state index is -1.28. The molecule has 1 aliphatic heterocycles. The maximum atomic E-state index is 14.4. The molecule has 16 N–H and O–H groups in total. The molecule has 97 heavy (non-hydrogen) atoms. The number of rotatable bonds is 44. The Kier molecular flexibility index (Phi) is 38.3. The number of hydrogen-bond donors (Lipinski definition) is 14. The van der Waals surface area contributed by atoms with Crippen LogP contribution < -0.4 is 70.0 Å². The molecule has 1 aromatic carbocycles. The number of likely N-dealkylation sites (tertiary alicyclic amines) is 1. The number of carbonyl (C=O) groups is 13. The average Bonchev–Trinajstić information content (AvgIpc) is 1.77. The lowest BCUT2D eigenvalue weighted by Crippen LogP contribution is -2.61. The standard InChI is InChI=1S/C69H118N14O14/c1-16-43(13)57(82-67(94)58(44(14)17-2)81-65(92)54-27-23-29-83(54)68(95)52(33-41(9)10)79-60(87)47(71)35-46-24-19-18-20-25-46)66(93)74-45(15)59(86)76-48(26-21-22-28-70)62(89)78-51(32-40(7)8)64(91)77-49(30-38(3)4)61(88)73-36-55(84)72-37-56(85)75-50(31-39(5)6)63(90)80-53(69(96)97)34-42(11)12/h18-20,24-25,38-45,47-54,57-58H,16-17,21-23,26-37,70-71H2,1-15H3,(H,72,84)(H,73,88)(H,74,93)(H,75,85)(H,76,86)(H,77,91)(H,78,89)(H,79,87)(H,80,90)(H,81,92)(H,82,94)(H,96,97)/t43-,44-,45-,47-,48-,49-,50-,51-,52-,53-,54-,57-,58-/m0/s1. The first-order chi connectivity index (χ1) is 45.5. The first-order valence-electron chi connectivity index (χ1n) is 34.8. The van der Waals surface area contributed by atoms with E-state index in [4.69, 9.17) is 11.5 Å². The number of carbonyl (C=O) groups excluding carboxylic acids is 12. The van der Waals surface area contributed by atoms with E-state index in [0.717, 1.165) is 5.56 Å². The molecule has 0 aromatic heterocycles. The second-order valence-electron chi connectivity index (χ2n) is 28.2. The van der Waals surface area contributed by atoms with Crippen LogP contribution >= 0.6 is 0 Å². The van der Waals surface area contributed by atoms with Crippen LogP contribution in [-0.2, 0) is 68.7 Å².